The standard InChI is InChI=1S/C21H17Br2NO3S/c1-14-8-9-20(15(2)10-14)24-13-16-11-17(22)12-19(23)21(16)27-28(25,26)18-6-4-3-5-7-18/h3-13H,1-2H3. The van der Waals surface area contributed by atoms with Crippen LogP contribution in [-0.2, 0) is 10.1 Å². The van der Waals surface area contributed by atoms with Crippen molar-refractivity contribution in [1.82, 2.24) is 0 Å². The number of hydrogen-bond acceptors (Lipinski definition) is 4. The SMILES string of the molecule is Cc1ccc(N=Cc2cc(Br)cc(Br)c2OS(=O)(=O)c2ccccc2)c(C)c1. The Morgan fingerprint density at radius 3 is 2.36 bits per heavy atom. The number of nitrogens with zero attached hydrogens (tertiary/aromatic N) is 1. The van der Waals surface area contributed by atoms with Crippen LogP contribution in [0.25, 0.3) is 0 Å². The van der Waals surface area contributed by atoms with Gasteiger partial charge in [-0.3, -0.25) is 4.99 Å². The summed E-state index contributed by atoms with van der Waals surface area (Å²) in [5.74, 6) is 0.181. The van der Waals surface area contributed by atoms with Crippen molar-refractivity contribution < 1.29 is 12.6 Å². The molecule has 0 N–H and O–H groups in total. The summed E-state index contributed by atoms with van der Waals surface area (Å²) in [4.78, 5) is 4.61. The van der Waals surface area contributed by atoms with Crippen LogP contribution in [0.3, 0.4) is 0 Å². The van der Waals surface area contributed by atoms with Crippen molar-refractivity contribution in [3.05, 3.63) is 86.3 Å². The van der Waals surface area contributed by atoms with Crippen molar-refractivity contribution in [2.45, 2.75) is 18.7 Å². The molecule has 0 amide bonds. The molecule has 3 aromatic carbocycles. The minimum atomic E-state index is -3.97. The molecule has 0 bridgehead atoms. The third kappa shape index (κ3) is 4.90. The molecule has 0 aromatic heterocycles. The Bertz CT molecular complexity index is 1140. The van der Waals surface area contributed by atoms with Crippen LogP contribution in [0.1, 0.15) is 16.7 Å². The highest BCUT2D eigenvalue weighted by atomic mass is 79.9. The lowest BCUT2D eigenvalue weighted by atomic mass is 10.1. The van der Waals surface area contributed by atoms with Gasteiger partial charge in [0.05, 0.1) is 10.2 Å². The fraction of sp³-hybridized carbons (Fsp3) is 0.0952. The molecule has 0 aliphatic rings. The van der Waals surface area contributed by atoms with Gasteiger partial charge < -0.3 is 4.18 Å². The van der Waals surface area contributed by atoms with E-state index in [1.54, 1.807) is 36.5 Å². The second-order valence-electron chi connectivity index (χ2n) is 6.20. The fourth-order valence-corrected chi connectivity index (χ4v) is 5.04. The first-order valence-electron chi connectivity index (χ1n) is 8.36. The number of benzene rings is 3. The van der Waals surface area contributed by atoms with Gasteiger partial charge in [-0.05, 0) is 65.7 Å². The van der Waals surface area contributed by atoms with Gasteiger partial charge in [0, 0.05) is 16.3 Å². The summed E-state index contributed by atoms with van der Waals surface area (Å²) in [7, 11) is -3.97. The van der Waals surface area contributed by atoms with Crippen LogP contribution in [0, 0.1) is 13.8 Å². The quantitative estimate of drug-likeness (QED) is 0.290. The second-order valence-corrected chi connectivity index (χ2v) is 9.52. The van der Waals surface area contributed by atoms with Gasteiger partial charge in [-0.15, -0.1) is 0 Å². The Morgan fingerprint density at radius 2 is 1.68 bits per heavy atom. The summed E-state index contributed by atoms with van der Waals surface area (Å²) in [6, 6.07) is 17.5. The molecule has 0 radical (unpaired) electrons. The highest BCUT2D eigenvalue weighted by Gasteiger charge is 2.20. The van der Waals surface area contributed by atoms with Crippen LogP contribution in [0.5, 0.6) is 5.75 Å². The Kier molecular flexibility index (Phi) is 6.37. The van der Waals surface area contributed by atoms with Crippen LogP contribution >= 0.6 is 31.9 Å². The maximum absolute atomic E-state index is 12.7. The molecule has 7 heteroatoms. The van der Waals surface area contributed by atoms with Crippen LogP contribution in [0.2, 0.25) is 0 Å². The highest BCUT2D eigenvalue weighted by molar-refractivity contribution is 9.11. The average molecular weight is 523 g/mol. The second kappa shape index (κ2) is 8.59. The van der Waals surface area contributed by atoms with Gasteiger partial charge in [-0.2, -0.15) is 8.42 Å². The van der Waals surface area contributed by atoms with Gasteiger partial charge in [-0.25, -0.2) is 0 Å². The zero-order valence-electron chi connectivity index (χ0n) is 15.2. The molecular formula is C21H17Br2NO3S. The van der Waals surface area contributed by atoms with Crippen molar-refractivity contribution in [2.24, 2.45) is 4.99 Å². The molecule has 0 aliphatic heterocycles. The molecular weight excluding hydrogens is 506 g/mol. The third-order valence-electron chi connectivity index (χ3n) is 3.96. The third-order valence-corrected chi connectivity index (χ3v) is 6.24. The van der Waals surface area contributed by atoms with Crippen LogP contribution < -0.4 is 4.18 Å². The summed E-state index contributed by atoms with van der Waals surface area (Å²) in [5.41, 5.74) is 3.52. The van der Waals surface area contributed by atoms with E-state index < -0.39 is 10.1 Å². The van der Waals surface area contributed by atoms with Gasteiger partial charge in [-0.1, -0.05) is 51.8 Å². The van der Waals surface area contributed by atoms with Crippen molar-refractivity contribution in [3.8, 4) is 5.75 Å². The lowest BCUT2D eigenvalue weighted by Gasteiger charge is -2.12. The molecule has 0 unspecified atom stereocenters. The lowest BCUT2D eigenvalue weighted by molar-refractivity contribution is 0.484. The molecule has 0 heterocycles. The molecule has 4 nitrogen and oxygen atoms in total. The molecule has 0 spiro atoms. The first-order valence-corrected chi connectivity index (χ1v) is 11.4. The summed E-state index contributed by atoms with van der Waals surface area (Å²) in [6.07, 6.45) is 1.60. The smallest absolute Gasteiger partial charge is 0.339 e. The van der Waals surface area contributed by atoms with E-state index in [2.05, 4.69) is 36.9 Å². The molecule has 0 saturated heterocycles. The minimum absolute atomic E-state index is 0.0853. The molecule has 0 saturated carbocycles. The van der Waals surface area contributed by atoms with Crippen LogP contribution in [0.4, 0.5) is 5.69 Å². The predicted octanol–water partition coefficient (Wildman–Crippen LogP) is 6.35. The molecule has 3 aromatic rings. The molecule has 28 heavy (non-hydrogen) atoms. The zero-order valence-corrected chi connectivity index (χ0v) is 19.2. The summed E-state index contributed by atoms with van der Waals surface area (Å²) >= 11 is 6.82. The molecule has 144 valence electrons. The van der Waals surface area contributed by atoms with E-state index in [9.17, 15) is 8.42 Å². The molecule has 0 aliphatic carbocycles. The lowest BCUT2D eigenvalue weighted by Crippen LogP contribution is -2.11. The van der Waals surface area contributed by atoms with Crippen molar-refractivity contribution in [2.75, 3.05) is 0 Å². The van der Waals surface area contributed by atoms with E-state index in [1.807, 2.05) is 32.0 Å². The Morgan fingerprint density at radius 1 is 0.964 bits per heavy atom. The van der Waals surface area contributed by atoms with Gasteiger partial charge in [0.25, 0.3) is 0 Å². The Balaban J connectivity index is 2.02. The summed E-state index contributed by atoms with van der Waals surface area (Å²) in [5, 5.41) is 0. The van der Waals surface area contributed by atoms with Gasteiger partial charge in [0.15, 0.2) is 5.75 Å². The topological polar surface area (TPSA) is 55.7 Å². The predicted molar refractivity (Wildman–Crippen MR) is 119 cm³/mol. The van der Waals surface area contributed by atoms with E-state index in [0.717, 1.165) is 21.3 Å². The van der Waals surface area contributed by atoms with Crippen LogP contribution in [0.15, 0.2) is 79.5 Å². The molecule has 3 rings (SSSR count). The van der Waals surface area contributed by atoms with E-state index in [1.165, 1.54) is 12.1 Å². The number of aryl methyl sites for hydroxylation is 2. The molecule has 0 atom stereocenters. The first kappa shape index (κ1) is 20.8. The number of aliphatic imine (C=N–C) groups is 1. The Labute approximate surface area is 181 Å². The van der Waals surface area contributed by atoms with E-state index >= 15 is 0 Å². The monoisotopic (exact) mass is 521 g/mol. The van der Waals surface area contributed by atoms with Crippen molar-refractivity contribution >= 4 is 53.9 Å². The zero-order chi connectivity index (χ0) is 20.3. The average Bonchev–Trinajstić information content (AvgIpc) is 2.64. The number of halogens is 2. The van der Waals surface area contributed by atoms with Crippen molar-refractivity contribution in [3.63, 3.8) is 0 Å². The first-order chi connectivity index (χ1) is 13.3. The van der Waals surface area contributed by atoms with Gasteiger partial charge >= 0.3 is 10.1 Å². The highest BCUT2D eigenvalue weighted by Crippen LogP contribution is 2.34. The normalized spacial score (nSPS) is 11.7. The fourth-order valence-electron chi connectivity index (χ4n) is 2.60. The van der Waals surface area contributed by atoms with E-state index in [-0.39, 0.29) is 10.6 Å². The van der Waals surface area contributed by atoms with E-state index in [4.69, 9.17) is 4.18 Å². The van der Waals surface area contributed by atoms with Crippen molar-refractivity contribution in [1.29, 1.82) is 0 Å². The minimum Gasteiger partial charge on any atom is -0.377 e. The maximum Gasteiger partial charge on any atom is 0.339 e. The van der Waals surface area contributed by atoms with Gasteiger partial charge in [0.2, 0.25) is 0 Å². The maximum atomic E-state index is 12.7. The summed E-state index contributed by atoms with van der Waals surface area (Å²) in [6.45, 7) is 4.00. The number of rotatable bonds is 5. The van der Waals surface area contributed by atoms with Crippen LogP contribution in [-0.4, -0.2) is 14.6 Å². The Hall–Kier alpha value is -1.96. The molecule has 0 fully saturated rings. The summed E-state index contributed by atoms with van der Waals surface area (Å²) < 4.78 is 32.0. The van der Waals surface area contributed by atoms with Gasteiger partial charge in [0.1, 0.15) is 4.90 Å². The largest absolute Gasteiger partial charge is 0.377 e. The van der Waals surface area contributed by atoms with E-state index in [0.29, 0.717) is 10.0 Å². The number of hydrogen-bond donors (Lipinski definition) is 0.